The molecule has 0 amide bonds. The van der Waals surface area contributed by atoms with Crippen LogP contribution in [0.3, 0.4) is 0 Å². The Morgan fingerprint density at radius 1 is 1.11 bits per heavy atom. The zero-order chi connectivity index (χ0) is 13.7. The summed E-state index contributed by atoms with van der Waals surface area (Å²) in [6.07, 6.45) is 0. The Kier molecular flexibility index (Phi) is 4.74. The third kappa shape index (κ3) is 3.92. The van der Waals surface area contributed by atoms with Crippen LogP contribution in [-0.4, -0.2) is 10.2 Å². The number of halogens is 1. The van der Waals surface area contributed by atoms with Gasteiger partial charge in [0.05, 0.1) is 6.61 Å². The van der Waals surface area contributed by atoms with Crippen LogP contribution in [0.1, 0.15) is 5.56 Å². The van der Waals surface area contributed by atoms with Crippen molar-refractivity contribution in [3.8, 4) is 0 Å². The van der Waals surface area contributed by atoms with Gasteiger partial charge in [0.15, 0.2) is 5.11 Å². The molecule has 19 heavy (non-hydrogen) atoms. The number of rotatable bonds is 3. The van der Waals surface area contributed by atoms with Crippen LogP contribution in [0.15, 0.2) is 48.5 Å². The van der Waals surface area contributed by atoms with Crippen molar-refractivity contribution in [2.75, 3.05) is 10.6 Å². The van der Waals surface area contributed by atoms with Crippen LogP contribution in [0.5, 0.6) is 0 Å². The van der Waals surface area contributed by atoms with E-state index < -0.39 is 0 Å². The van der Waals surface area contributed by atoms with E-state index in [-0.39, 0.29) is 6.61 Å². The Bertz CT molecular complexity index is 589. The minimum absolute atomic E-state index is 0.0387. The molecule has 5 heteroatoms. The summed E-state index contributed by atoms with van der Waals surface area (Å²) >= 11 is 11.1. The van der Waals surface area contributed by atoms with Crippen LogP contribution < -0.4 is 10.6 Å². The zero-order valence-corrected chi connectivity index (χ0v) is 11.6. The van der Waals surface area contributed by atoms with Crippen molar-refractivity contribution in [1.82, 2.24) is 0 Å². The van der Waals surface area contributed by atoms with Crippen LogP contribution in [0.25, 0.3) is 0 Å². The first kappa shape index (κ1) is 13.8. The first-order chi connectivity index (χ1) is 9.19. The first-order valence-electron chi connectivity index (χ1n) is 5.71. The van der Waals surface area contributed by atoms with E-state index in [1.165, 1.54) is 0 Å². The van der Waals surface area contributed by atoms with Crippen molar-refractivity contribution in [2.24, 2.45) is 0 Å². The second-order valence-electron chi connectivity index (χ2n) is 3.90. The lowest BCUT2D eigenvalue weighted by molar-refractivity contribution is 0.282. The van der Waals surface area contributed by atoms with E-state index in [4.69, 9.17) is 23.8 Å². The molecule has 0 aliphatic rings. The van der Waals surface area contributed by atoms with Gasteiger partial charge in [0.25, 0.3) is 0 Å². The summed E-state index contributed by atoms with van der Waals surface area (Å²) in [5.74, 6) is 0. The summed E-state index contributed by atoms with van der Waals surface area (Å²) in [5, 5.41) is 16.4. The van der Waals surface area contributed by atoms with Gasteiger partial charge < -0.3 is 15.7 Å². The first-order valence-corrected chi connectivity index (χ1v) is 6.50. The topological polar surface area (TPSA) is 44.3 Å². The third-order valence-electron chi connectivity index (χ3n) is 2.52. The van der Waals surface area contributed by atoms with Gasteiger partial charge >= 0.3 is 0 Å². The average Bonchev–Trinajstić information content (AvgIpc) is 2.39. The van der Waals surface area contributed by atoms with E-state index in [9.17, 15) is 5.11 Å². The molecule has 0 aromatic heterocycles. The largest absolute Gasteiger partial charge is 0.392 e. The molecule has 2 aromatic rings. The van der Waals surface area contributed by atoms with Gasteiger partial charge in [-0.25, -0.2) is 0 Å². The van der Waals surface area contributed by atoms with E-state index >= 15 is 0 Å². The smallest absolute Gasteiger partial charge is 0.175 e. The summed E-state index contributed by atoms with van der Waals surface area (Å²) in [6, 6.07) is 14.7. The maximum atomic E-state index is 9.24. The van der Waals surface area contributed by atoms with E-state index in [1.807, 2.05) is 36.4 Å². The standard InChI is InChI=1S/C14H13ClN2OS/c15-11-5-3-6-12(8-11)16-14(19)17-13-7-2-1-4-10(13)9-18/h1-8,18H,9H2,(H2,16,17,19). The molecule has 2 aromatic carbocycles. The summed E-state index contributed by atoms with van der Waals surface area (Å²) < 4.78 is 0. The number of hydrogen-bond donors (Lipinski definition) is 3. The fourth-order valence-corrected chi connectivity index (χ4v) is 2.05. The van der Waals surface area contributed by atoms with E-state index in [1.54, 1.807) is 12.1 Å². The summed E-state index contributed by atoms with van der Waals surface area (Å²) in [7, 11) is 0. The average molecular weight is 293 g/mol. The Balaban J connectivity index is 2.05. The molecule has 2 rings (SSSR count). The fourth-order valence-electron chi connectivity index (χ4n) is 1.63. The van der Waals surface area contributed by atoms with Crippen molar-refractivity contribution in [3.05, 3.63) is 59.1 Å². The highest BCUT2D eigenvalue weighted by molar-refractivity contribution is 7.80. The van der Waals surface area contributed by atoms with Crippen LogP contribution in [-0.2, 0) is 6.61 Å². The zero-order valence-electron chi connectivity index (χ0n) is 10.1. The van der Waals surface area contributed by atoms with Crippen molar-refractivity contribution in [1.29, 1.82) is 0 Å². The number of para-hydroxylation sites is 1. The molecular weight excluding hydrogens is 280 g/mol. The molecule has 0 spiro atoms. The third-order valence-corrected chi connectivity index (χ3v) is 2.96. The minimum Gasteiger partial charge on any atom is -0.392 e. The lowest BCUT2D eigenvalue weighted by Crippen LogP contribution is -2.19. The normalized spacial score (nSPS) is 10.0. The molecule has 0 bridgehead atoms. The van der Waals surface area contributed by atoms with Gasteiger partial charge in [-0.1, -0.05) is 35.9 Å². The summed E-state index contributed by atoms with van der Waals surface area (Å²) in [6.45, 7) is -0.0387. The maximum absolute atomic E-state index is 9.24. The SMILES string of the molecule is OCc1ccccc1NC(=S)Nc1cccc(Cl)c1. The number of anilines is 2. The molecule has 0 radical (unpaired) electrons. The monoisotopic (exact) mass is 292 g/mol. The Hall–Kier alpha value is -1.62. The molecule has 0 saturated heterocycles. The molecule has 0 aliphatic carbocycles. The highest BCUT2D eigenvalue weighted by atomic mass is 35.5. The summed E-state index contributed by atoms with van der Waals surface area (Å²) in [4.78, 5) is 0. The predicted molar refractivity (Wildman–Crippen MR) is 83.7 cm³/mol. The lowest BCUT2D eigenvalue weighted by Gasteiger charge is -2.13. The molecule has 0 unspecified atom stereocenters. The van der Waals surface area contributed by atoms with Crippen LogP contribution >= 0.6 is 23.8 Å². The van der Waals surface area contributed by atoms with Crippen molar-refractivity contribution >= 4 is 40.3 Å². The molecule has 0 saturated carbocycles. The quantitative estimate of drug-likeness (QED) is 0.756. The molecule has 98 valence electrons. The van der Waals surface area contributed by atoms with Crippen molar-refractivity contribution in [2.45, 2.75) is 6.61 Å². The van der Waals surface area contributed by atoms with Gasteiger partial charge in [-0.3, -0.25) is 0 Å². The molecular formula is C14H13ClN2OS. The van der Waals surface area contributed by atoms with Gasteiger partial charge in [-0.2, -0.15) is 0 Å². The maximum Gasteiger partial charge on any atom is 0.175 e. The number of thiocarbonyl (C=S) groups is 1. The molecule has 0 fully saturated rings. The number of hydrogen-bond acceptors (Lipinski definition) is 2. The molecule has 0 atom stereocenters. The fraction of sp³-hybridized carbons (Fsp3) is 0.0714. The van der Waals surface area contributed by atoms with Gasteiger partial charge in [-0.05, 0) is 36.5 Å². The van der Waals surface area contributed by atoms with Crippen LogP contribution in [0.2, 0.25) is 5.02 Å². The van der Waals surface area contributed by atoms with Crippen LogP contribution in [0.4, 0.5) is 11.4 Å². The molecule has 3 nitrogen and oxygen atoms in total. The van der Waals surface area contributed by atoms with Crippen LogP contribution in [0, 0.1) is 0 Å². The Morgan fingerprint density at radius 3 is 2.63 bits per heavy atom. The number of aliphatic hydroxyl groups is 1. The lowest BCUT2D eigenvalue weighted by atomic mass is 10.2. The van der Waals surface area contributed by atoms with Crippen molar-refractivity contribution in [3.63, 3.8) is 0 Å². The van der Waals surface area contributed by atoms with Gasteiger partial charge in [0.1, 0.15) is 0 Å². The second kappa shape index (κ2) is 6.52. The Labute approximate surface area is 122 Å². The number of nitrogens with one attached hydrogen (secondary N) is 2. The van der Waals surface area contributed by atoms with Crippen molar-refractivity contribution < 1.29 is 5.11 Å². The molecule has 0 heterocycles. The van der Waals surface area contributed by atoms with Gasteiger partial charge in [0, 0.05) is 22.0 Å². The van der Waals surface area contributed by atoms with E-state index in [0.717, 1.165) is 16.9 Å². The van der Waals surface area contributed by atoms with E-state index in [2.05, 4.69) is 10.6 Å². The van der Waals surface area contributed by atoms with E-state index in [0.29, 0.717) is 10.1 Å². The highest BCUT2D eigenvalue weighted by Gasteiger charge is 2.03. The minimum atomic E-state index is -0.0387. The second-order valence-corrected chi connectivity index (χ2v) is 4.75. The highest BCUT2D eigenvalue weighted by Crippen LogP contribution is 2.17. The number of aliphatic hydroxyl groups excluding tert-OH is 1. The predicted octanol–water partition coefficient (Wildman–Crippen LogP) is 3.64. The number of benzene rings is 2. The molecule has 0 aliphatic heterocycles. The Morgan fingerprint density at radius 2 is 1.89 bits per heavy atom. The molecule has 3 N–H and O–H groups in total. The van der Waals surface area contributed by atoms with Gasteiger partial charge in [-0.15, -0.1) is 0 Å². The summed E-state index contributed by atoms with van der Waals surface area (Å²) in [5.41, 5.74) is 2.38. The van der Waals surface area contributed by atoms with Gasteiger partial charge in [0.2, 0.25) is 0 Å².